The zero-order valence-electron chi connectivity index (χ0n) is 12.7. The number of nitrogens with one attached hydrogen (secondary N) is 1. The molecule has 0 amide bonds. The van der Waals surface area contributed by atoms with Crippen LogP contribution in [-0.4, -0.2) is 37.4 Å². The Bertz CT molecular complexity index is 590. The summed E-state index contributed by atoms with van der Waals surface area (Å²) < 4.78 is 15.5. The normalized spacial score (nSPS) is 10.3. The summed E-state index contributed by atoms with van der Waals surface area (Å²) in [5, 5.41) is 3.17. The minimum Gasteiger partial charge on any atom is -0.497 e. The minimum absolute atomic E-state index is 0.351. The molecule has 0 bridgehead atoms. The number of ether oxygens (including phenoxy) is 3. The monoisotopic (exact) mass is 304 g/mol. The third kappa shape index (κ3) is 4.23. The lowest BCUT2D eigenvalue weighted by Crippen LogP contribution is -2.10. The predicted octanol–water partition coefficient (Wildman–Crippen LogP) is 1.70. The van der Waals surface area contributed by atoms with Gasteiger partial charge in [-0.2, -0.15) is 4.98 Å². The Morgan fingerprint density at radius 3 is 2.55 bits per heavy atom. The first-order chi connectivity index (χ1) is 10.7. The van der Waals surface area contributed by atoms with Crippen LogP contribution in [0.5, 0.6) is 11.6 Å². The third-order valence-corrected chi connectivity index (χ3v) is 2.99. The number of methoxy groups -OCH3 is 2. The highest BCUT2D eigenvalue weighted by molar-refractivity contribution is 5.66. The van der Waals surface area contributed by atoms with E-state index in [1.165, 1.54) is 6.33 Å². The molecule has 2 aromatic rings. The minimum atomic E-state index is 0.351. The van der Waals surface area contributed by atoms with Gasteiger partial charge in [0.2, 0.25) is 5.88 Å². The lowest BCUT2D eigenvalue weighted by molar-refractivity contribution is 0.144. The maximum Gasteiger partial charge on any atom is 0.242 e. The van der Waals surface area contributed by atoms with Crippen LogP contribution in [0, 0.1) is 0 Å². The summed E-state index contributed by atoms with van der Waals surface area (Å²) in [7, 11) is 3.24. The average molecular weight is 304 g/mol. The Kier molecular flexibility index (Phi) is 5.79. The molecule has 0 saturated heterocycles. The molecule has 0 aliphatic rings. The number of benzene rings is 1. The number of hydrogen-bond acceptors (Lipinski definition) is 7. The predicted molar refractivity (Wildman–Crippen MR) is 84.1 cm³/mol. The molecule has 0 unspecified atom stereocenters. The van der Waals surface area contributed by atoms with Crippen LogP contribution in [-0.2, 0) is 11.3 Å². The molecule has 1 heterocycles. The zero-order chi connectivity index (χ0) is 15.8. The van der Waals surface area contributed by atoms with E-state index in [2.05, 4.69) is 15.3 Å². The quantitative estimate of drug-likeness (QED) is 0.717. The summed E-state index contributed by atoms with van der Waals surface area (Å²) >= 11 is 0. The van der Waals surface area contributed by atoms with Crippen molar-refractivity contribution in [3.63, 3.8) is 0 Å². The highest BCUT2D eigenvalue weighted by Crippen LogP contribution is 2.25. The molecule has 0 fully saturated rings. The van der Waals surface area contributed by atoms with Crippen molar-refractivity contribution in [2.45, 2.75) is 6.54 Å². The van der Waals surface area contributed by atoms with Crippen LogP contribution in [0.3, 0.4) is 0 Å². The summed E-state index contributed by atoms with van der Waals surface area (Å²) in [6.07, 6.45) is 1.41. The van der Waals surface area contributed by atoms with E-state index in [1.54, 1.807) is 14.2 Å². The summed E-state index contributed by atoms with van der Waals surface area (Å²) in [6, 6.07) is 7.75. The van der Waals surface area contributed by atoms with Crippen LogP contribution in [0.25, 0.3) is 0 Å². The van der Waals surface area contributed by atoms with E-state index in [9.17, 15) is 0 Å². The molecule has 3 N–H and O–H groups in total. The summed E-state index contributed by atoms with van der Waals surface area (Å²) in [4.78, 5) is 8.15. The molecular formula is C15H20N4O3. The second kappa shape index (κ2) is 8.04. The van der Waals surface area contributed by atoms with Gasteiger partial charge in [0.25, 0.3) is 0 Å². The molecule has 0 saturated carbocycles. The molecule has 7 nitrogen and oxygen atoms in total. The number of nitrogens with two attached hydrogens (primary N) is 1. The largest absolute Gasteiger partial charge is 0.497 e. The third-order valence-electron chi connectivity index (χ3n) is 2.99. The van der Waals surface area contributed by atoms with Gasteiger partial charge in [-0.1, -0.05) is 12.1 Å². The van der Waals surface area contributed by atoms with E-state index >= 15 is 0 Å². The zero-order valence-corrected chi connectivity index (χ0v) is 12.7. The maximum absolute atomic E-state index is 6.00. The Balaban J connectivity index is 1.98. The number of rotatable bonds is 8. The highest BCUT2D eigenvalue weighted by atomic mass is 16.5. The van der Waals surface area contributed by atoms with Crippen LogP contribution in [0.2, 0.25) is 0 Å². The van der Waals surface area contributed by atoms with Crippen LogP contribution in [0.1, 0.15) is 5.56 Å². The van der Waals surface area contributed by atoms with E-state index in [4.69, 9.17) is 19.9 Å². The molecular weight excluding hydrogens is 284 g/mol. The van der Waals surface area contributed by atoms with Gasteiger partial charge >= 0.3 is 0 Å². The lowest BCUT2D eigenvalue weighted by Gasteiger charge is -2.12. The summed E-state index contributed by atoms with van der Waals surface area (Å²) in [6.45, 7) is 1.44. The van der Waals surface area contributed by atoms with Gasteiger partial charge in [-0.15, -0.1) is 0 Å². The van der Waals surface area contributed by atoms with Gasteiger partial charge in [0.1, 0.15) is 24.4 Å². The smallest absolute Gasteiger partial charge is 0.242 e. The molecule has 0 atom stereocenters. The van der Waals surface area contributed by atoms with Gasteiger partial charge in [0.15, 0.2) is 5.82 Å². The van der Waals surface area contributed by atoms with Crippen molar-refractivity contribution in [1.29, 1.82) is 0 Å². The number of hydrogen-bond donors (Lipinski definition) is 2. The maximum atomic E-state index is 6.00. The number of aromatic nitrogens is 2. The van der Waals surface area contributed by atoms with Gasteiger partial charge in [-0.3, -0.25) is 0 Å². The first-order valence-corrected chi connectivity index (χ1v) is 6.83. The first-order valence-electron chi connectivity index (χ1n) is 6.83. The summed E-state index contributed by atoms with van der Waals surface area (Å²) in [5.41, 5.74) is 7.47. The van der Waals surface area contributed by atoms with Gasteiger partial charge in [0, 0.05) is 13.7 Å². The molecule has 0 aliphatic heterocycles. The molecule has 1 aromatic heterocycles. The fourth-order valence-corrected chi connectivity index (χ4v) is 1.79. The fraction of sp³-hybridized carbons (Fsp3) is 0.333. The molecule has 0 radical (unpaired) electrons. The van der Waals surface area contributed by atoms with E-state index in [0.29, 0.717) is 37.1 Å². The van der Waals surface area contributed by atoms with E-state index in [0.717, 1.165) is 11.3 Å². The molecule has 0 aliphatic carbocycles. The Morgan fingerprint density at radius 2 is 1.86 bits per heavy atom. The van der Waals surface area contributed by atoms with Crippen molar-refractivity contribution in [2.75, 3.05) is 38.5 Å². The number of nitrogen functional groups attached to an aromatic ring is 1. The van der Waals surface area contributed by atoms with Crippen molar-refractivity contribution in [3.8, 4) is 11.6 Å². The van der Waals surface area contributed by atoms with Crippen molar-refractivity contribution < 1.29 is 14.2 Å². The van der Waals surface area contributed by atoms with Gasteiger partial charge in [-0.05, 0) is 17.7 Å². The number of anilines is 2. The van der Waals surface area contributed by atoms with Crippen molar-refractivity contribution in [2.24, 2.45) is 0 Å². The Morgan fingerprint density at radius 1 is 1.09 bits per heavy atom. The SMILES string of the molecule is COCCOc1ncnc(NCc2ccc(OC)cc2)c1N. The van der Waals surface area contributed by atoms with Gasteiger partial charge in [-0.25, -0.2) is 4.98 Å². The molecule has 1 aromatic carbocycles. The van der Waals surface area contributed by atoms with E-state index in [-0.39, 0.29) is 0 Å². The average Bonchev–Trinajstić information content (AvgIpc) is 2.56. The first kappa shape index (κ1) is 15.8. The highest BCUT2D eigenvalue weighted by Gasteiger charge is 2.09. The lowest BCUT2D eigenvalue weighted by atomic mass is 10.2. The van der Waals surface area contributed by atoms with Crippen LogP contribution < -0.4 is 20.5 Å². The van der Waals surface area contributed by atoms with Gasteiger partial charge < -0.3 is 25.3 Å². The van der Waals surface area contributed by atoms with Crippen molar-refractivity contribution in [1.82, 2.24) is 9.97 Å². The van der Waals surface area contributed by atoms with Crippen molar-refractivity contribution in [3.05, 3.63) is 36.2 Å². The second-order valence-electron chi connectivity index (χ2n) is 4.48. The standard InChI is InChI=1S/C15H20N4O3/c1-20-7-8-22-15-13(16)14(18-10-19-15)17-9-11-3-5-12(21-2)6-4-11/h3-6,10H,7-9,16H2,1-2H3,(H,17,18,19). The Labute approximate surface area is 129 Å². The van der Waals surface area contributed by atoms with Crippen LogP contribution in [0.15, 0.2) is 30.6 Å². The topological polar surface area (TPSA) is 91.5 Å². The number of nitrogens with zero attached hydrogens (tertiary/aromatic N) is 2. The molecule has 2 rings (SSSR count). The summed E-state index contributed by atoms with van der Waals surface area (Å²) in [5.74, 6) is 1.71. The Hall–Kier alpha value is -2.54. The molecule has 22 heavy (non-hydrogen) atoms. The fourth-order valence-electron chi connectivity index (χ4n) is 1.79. The molecule has 7 heteroatoms. The second-order valence-corrected chi connectivity index (χ2v) is 4.48. The molecule has 0 spiro atoms. The van der Waals surface area contributed by atoms with Crippen LogP contribution in [0.4, 0.5) is 11.5 Å². The van der Waals surface area contributed by atoms with Gasteiger partial charge in [0.05, 0.1) is 13.7 Å². The van der Waals surface area contributed by atoms with Crippen molar-refractivity contribution >= 4 is 11.5 Å². The van der Waals surface area contributed by atoms with E-state index in [1.807, 2.05) is 24.3 Å². The van der Waals surface area contributed by atoms with E-state index < -0.39 is 0 Å². The molecule has 118 valence electrons. The van der Waals surface area contributed by atoms with Crippen LogP contribution >= 0.6 is 0 Å².